The Morgan fingerprint density at radius 1 is 0.878 bits per heavy atom. The summed E-state index contributed by atoms with van der Waals surface area (Å²) < 4.78 is 61.1. The second kappa shape index (κ2) is 14.1. The topological polar surface area (TPSA) is 96.0 Å². The third-order valence-corrected chi connectivity index (χ3v) is 8.34. The van der Waals surface area contributed by atoms with Crippen LogP contribution in [0.2, 0.25) is 0 Å². The van der Waals surface area contributed by atoms with Crippen LogP contribution >= 0.6 is 0 Å². The highest BCUT2D eigenvalue weighted by Crippen LogP contribution is 2.27. The van der Waals surface area contributed by atoms with Gasteiger partial charge in [-0.05, 0) is 93.4 Å². The summed E-state index contributed by atoms with van der Waals surface area (Å²) in [7, 11) is -4.34. The molecule has 0 bridgehead atoms. The molecule has 0 spiro atoms. The van der Waals surface area contributed by atoms with Crippen LogP contribution in [0.3, 0.4) is 0 Å². The van der Waals surface area contributed by atoms with Gasteiger partial charge in [0.05, 0.1) is 17.2 Å². The molecule has 2 amide bonds. The molecule has 3 aromatic rings. The Bertz CT molecular complexity index is 1420. The highest BCUT2D eigenvalue weighted by molar-refractivity contribution is 7.92. The van der Waals surface area contributed by atoms with Crippen molar-refractivity contribution < 1.29 is 31.5 Å². The first-order valence-electron chi connectivity index (χ1n) is 13.3. The summed E-state index contributed by atoms with van der Waals surface area (Å²) in [6.45, 7) is 6.79. The molecule has 1 N–H and O–H groups in total. The summed E-state index contributed by atoms with van der Waals surface area (Å²) in [6.07, 6.45) is 0.672. The van der Waals surface area contributed by atoms with E-state index in [4.69, 9.17) is 4.74 Å². The molecule has 8 nitrogen and oxygen atoms in total. The quantitative estimate of drug-likeness (QED) is 0.307. The molecule has 220 valence electrons. The number of nitrogens with zero attached hydrogens (tertiary/aromatic N) is 2. The summed E-state index contributed by atoms with van der Waals surface area (Å²) in [5.74, 6) is -1.64. The molecule has 0 aliphatic rings. The largest absolute Gasteiger partial charge is 0.494 e. The van der Waals surface area contributed by atoms with Crippen molar-refractivity contribution in [2.75, 3.05) is 17.5 Å². The molecule has 0 aliphatic heterocycles. The van der Waals surface area contributed by atoms with Gasteiger partial charge >= 0.3 is 0 Å². The molecule has 0 saturated carbocycles. The van der Waals surface area contributed by atoms with Crippen LogP contribution in [0, 0.1) is 11.6 Å². The number of carbonyl (C=O) groups excluding carboxylic acids is 2. The highest BCUT2D eigenvalue weighted by Gasteiger charge is 2.33. The van der Waals surface area contributed by atoms with Crippen molar-refractivity contribution in [2.45, 2.75) is 57.6 Å². The molecule has 3 rings (SSSR count). The number of rotatable bonds is 13. The third-order valence-electron chi connectivity index (χ3n) is 6.55. The van der Waals surface area contributed by atoms with Gasteiger partial charge in [-0.3, -0.25) is 13.9 Å². The monoisotopic (exact) mass is 587 g/mol. The normalized spacial score (nSPS) is 12.7. The van der Waals surface area contributed by atoms with E-state index in [1.807, 2.05) is 20.8 Å². The molecule has 0 saturated heterocycles. The summed E-state index contributed by atoms with van der Waals surface area (Å²) in [4.78, 5) is 28.0. The standard InChI is InChI=1S/C30H35F2N3O5S/c1-5-21(3)33-30(37)22(4)34(19-23-7-9-24(31)10-8-23)29(36)20-35(26-13-15-27(16-14-26)40-6-2)41(38,39)28-17-11-25(32)12-18-28/h7-18,21-22H,5-6,19-20H2,1-4H3,(H,33,37)/t21-,22-/m0/s1. The van der Waals surface area contributed by atoms with Gasteiger partial charge in [0.1, 0.15) is 30.0 Å². The van der Waals surface area contributed by atoms with Gasteiger partial charge in [-0.2, -0.15) is 0 Å². The second-order valence-electron chi connectivity index (χ2n) is 9.53. The number of hydrogen-bond donors (Lipinski definition) is 1. The molecule has 0 radical (unpaired) electrons. The number of hydrogen-bond acceptors (Lipinski definition) is 5. The Labute approximate surface area is 240 Å². The fourth-order valence-corrected chi connectivity index (χ4v) is 5.39. The number of amides is 2. The van der Waals surface area contributed by atoms with Crippen LogP contribution in [-0.4, -0.2) is 50.4 Å². The third kappa shape index (κ3) is 8.26. The van der Waals surface area contributed by atoms with E-state index in [1.54, 1.807) is 19.1 Å². The maximum atomic E-state index is 13.9. The highest BCUT2D eigenvalue weighted by atomic mass is 32.2. The number of halogens is 2. The first-order valence-corrected chi connectivity index (χ1v) is 14.8. The van der Waals surface area contributed by atoms with Crippen LogP contribution in [0.25, 0.3) is 0 Å². The molecule has 11 heteroatoms. The van der Waals surface area contributed by atoms with Crippen molar-refractivity contribution in [1.82, 2.24) is 10.2 Å². The first-order chi connectivity index (χ1) is 19.5. The Morgan fingerprint density at radius 3 is 1.98 bits per heavy atom. The van der Waals surface area contributed by atoms with Crippen molar-refractivity contribution >= 4 is 27.5 Å². The average Bonchev–Trinajstić information content (AvgIpc) is 2.95. The number of sulfonamides is 1. The Balaban J connectivity index is 2.02. The first kappa shape index (κ1) is 31.5. The van der Waals surface area contributed by atoms with Crippen molar-refractivity contribution in [3.05, 3.63) is 90.0 Å². The predicted octanol–water partition coefficient (Wildman–Crippen LogP) is 4.89. The van der Waals surface area contributed by atoms with Gasteiger partial charge < -0.3 is 15.0 Å². The second-order valence-corrected chi connectivity index (χ2v) is 11.4. The van der Waals surface area contributed by atoms with Gasteiger partial charge in [-0.25, -0.2) is 17.2 Å². The van der Waals surface area contributed by atoms with Crippen LogP contribution in [0.5, 0.6) is 5.75 Å². The van der Waals surface area contributed by atoms with Gasteiger partial charge in [0.2, 0.25) is 11.8 Å². The van der Waals surface area contributed by atoms with E-state index in [0.29, 0.717) is 24.3 Å². The van der Waals surface area contributed by atoms with E-state index >= 15 is 0 Å². The van der Waals surface area contributed by atoms with E-state index in [1.165, 1.54) is 41.3 Å². The molecular formula is C30H35F2N3O5S. The molecule has 0 fully saturated rings. The Kier molecular flexibility index (Phi) is 10.8. The SMILES string of the molecule is CCOc1ccc(N(CC(=O)N(Cc2ccc(F)cc2)[C@@H](C)C(=O)N[C@@H](C)CC)S(=O)(=O)c2ccc(F)cc2)cc1. The van der Waals surface area contributed by atoms with Gasteiger partial charge in [-0.15, -0.1) is 0 Å². The lowest BCUT2D eigenvalue weighted by Gasteiger charge is -2.32. The minimum atomic E-state index is -4.34. The summed E-state index contributed by atoms with van der Waals surface area (Å²) in [5.41, 5.74) is 0.724. The van der Waals surface area contributed by atoms with Gasteiger partial charge in [0.25, 0.3) is 10.0 Å². The molecular weight excluding hydrogens is 552 g/mol. The predicted molar refractivity (Wildman–Crippen MR) is 153 cm³/mol. The van der Waals surface area contributed by atoms with E-state index < -0.39 is 46.1 Å². The molecule has 0 aliphatic carbocycles. The smallest absolute Gasteiger partial charge is 0.264 e. The van der Waals surface area contributed by atoms with Crippen molar-refractivity contribution in [2.24, 2.45) is 0 Å². The Hall–Kier alpha value is -3.99. The van der Waals surface area contributed by atoms with Gasteiger partial charge in [0, 0.05) is 12.6 Å². The number of anilines is 1. The minimum Gasteiger partial charge on any atom is -0.494 e. The van der Waals surface area contributed by atoms with E-state index in [-0.39, 0.29) is 23.2 Å². The van der Waals surface area contributed by atoms with Crippen LogP contribution in [-0.2, 0) is 26.2 Å². The van der Waals surface area contributed by atoms with Crippen molar-refractivity contribution in [3.8, 4) is 5.75 Å². The van der Waals surface area contributed by atoms with Crippen molar-refractivity contribution in [1.29, 1.82) is 0 Å². The molecule has 2 atom stereocenters. The zero-order valence-corrected chi connectivity index (χ0v) is 24.3. The lowest BCUT2D eigenvalue weighted by Crippen LogP contribution is -2.52. The number of ether oxygens (including phenoxy) is 1. The molecule has 0 aromatic heterocycles. The molecule has 0 unspecified atom stereocenters. The number of benzene rings is 3. The van der Waals surface area contributed by atoms with Crippen LogP contribution in [0.1, 0.15) is 39.7 Å². The zero-order chi connectivity index (χ0) is 30.2. The zero-order valence-electron chi connectivity index (χ0n) is 23.5. The van der Waals surface area contributed by atoms with Crippen molar-refractivity contribution in [3.63, 3.8) is 0 Å². The fourth-order valence-electron chi connectivity index (χ4n) is 3.97. The summed E-state index contributed by atoms with van der Waals surface area (Å²) in [5, 5.41) is 2.85. The lowest BCUT2D eigenvalue weighted by atomic mass is 10.1. The van der Waals surface area contributed by atoms with E-state index in [9.17, 15) is 26.8 Å². The minimum absolute atomic E-state index is 0.0675. The summed E-state index contributed by atoms with van der Waals surface area (Å²) in [6, 6.07) is 14.8. The lowest BCUT2D eigenvalue weighted by molar-refractivity contribution is -0.139. The number of carbonyl (C=O) groups is 2. The summed E-state index contributed by atoms with van der Waals surface area (Å²) >= 11 is 0. The molecule has 0 heterocycles. The van der Waals surface area contributed by atoms with E-state index in [0.717, 1.165) is 28.6 Å². The van der Waals surface area contributed by atoms with E-state index in [2.05, 4.69) is 5.32 Å². The molecule has 41 heavy (non-hydrogen) atoms. The van der Waals surface area contributed by atoms with Gasteiger partial charge in [-0.1, -0.05) is 19.1 Å². The maximum Gasteiger partial charge on any atom is 0.264 e. The van der Waals surface area contributed by atoms with Crippen LogP contribution in [0.15, 0.2) is 77.7 Å². The Morgan fingerprint density at radius 2 is 1.44 bits per heavy atom. The van der Waals surface area contributed by atoms with Crippen LogP contribution < -0.4 is 14.4 Å². The maximum absolute atomic E-state index is 13.9. The average molecular weight is 588 g/mol. The van der Waals surface area contributed by atoms with Crippen LogP contribution in [0.4, 0.5) is 14.5 Å². The van der Waals surface area contributed by atoms with Gasteiger partial charge in [0.15, 0.2) is 0 Å². The fraction of sp³-hybridized carbons (Fsp3) is 0.333. The number of nitrogens with one attached hydrogen (secondary N) is 1. The molecule has 3 aromatic carbocycles.